The molecule has 0 aromatic carbocycles. The van der Waals surface area contributed by atoms with Crippen molar-refractivity contribution in [2.24, 2.45) is 5.92 Å². The lowest BCUT2D eigenvalue weighted by Gasteiger charge is -2.34. The van der Waals surface area contributed by atoms with E-state index < -0.39 is 5.60 Å². The van der Waals surface area contributed by atoms with Crippen LogP contribution < -0.4 is 4.90 Å². The van der Waals surface area contributed by atoms with Crippen molar-refractivity contribution in [1.82, 2.24) is 14.9 Å². The maximum absolute atomic E-state index is 12.0. The zero-order chi connectivity index (χ0) is 16.2. The van der Waals surface area contributed by atoms with Crippen LogP contribution in [0.3, 0.4) is 0 Å². The van der Waals surface area contributed by atoms with Gasteiger partial charge >= 0.3 is 6.09 Å². The highest BCUT2D eigenvalue weighted by Gasteiger charge is 2.25. The summed E-state index contributed by atoms with van der Waals surface area (Å²) in [6, 6.07) is 1.83. The van der Waals surface area contributed by atoms with E-state index in [1.165, 1.54) is 0 Å². The Labute approximate surface area is 132 Å². The Morgan fingerprint density at radius 2 is 1.91 bits per heavy atom. The fourth-order valence-electron chi connectivity index (χ4n) is 2.57. The number of anilines is 1. The van der Waals surface area contributed by atoms with Gasteiger partial charge in [0.05, 0.1) is 0 Å². The average molecular weight is 306 g/mol. The SMILES string of the molecule is CN(CC1CCN(c2ncccn2)CC1)C(=O)OC(C)(C)C. The third-order valence-corrected chi connectivity index (χ3v) is 3.69. The highest BCUT2D eigenvalue weighted by molar-refractivity contribution is 5.67. The lowest BCUT2D eigenvalue weighted by molar-refractivity contribution is 0.0266. The van der Waals surface area contributed by atoms with Gasteiger partial charge in [-0.2, -0.15) is 0 Å². The second kappa shape index (κ2) is 6.94. The van der Waals surface area contributed by atoms with Gasteiger partial charge in [-0.3, -0.25) is 0 Å². The van der Waals surface area contributed by atoms with Crippen molar-refractivity contribution in [2.45, 2.75) is 39.2 Å². The lowest BCUT2D eigenvalue weighted by atomic mass is 9.96. The van der Waals surface area contributed by atoms with Crippen LogP contribution in [0.1, 0.15) is 33.6 Å². The molecular formula is C16H26N4O2. The Bertz CT molecular complexity index is 479. The lowest BCUT2D eigenvalue weighted by Crippen LogP contribution is -2.41. The third kappa shape index (κ3) is 4.86. The van der Waals surface area contributed by atoms with Crippen molar-refractivity contribution in [1.29, 1.82) is 0 Å². The van der Waals surface area contributed by atoms with Crippen molar-refractivity contribution in [3.63, 3.8) is 0 Å². The van der Waals surface area contributed by atoms with Crippen LogP contribution in [0.2, 0.25) is 0 Å². The molecule has 1 amide bonds. The molecule has 1 aliphatic heterocycles. The highest BCUT2D eigenvalue weighted by atomic mass is 16.6. The van der Waals surface area contributed by atoms with Gasteiger partial charge < -0.3 is 14.5 Å². The van der Waals surface area contributed by atoms with Gasteiger partial charge in [-0.15, -0.1) is 0 Å². The fourth-order valence-corrected chi connectivity index (χ4v) is 2.57. The molecule has 0 unspecified atom stereocenters. The molecule has 0 spiro atoms. The van der Waals surface area contributed by atoms with Crippen LogP contribution in [0.25, 0.3) is 0 Å². The van der Waals surface area contributed by atoms with Crippen molar-refractivity contribution in [2.75, 3.05) is 31.6 Å². The largest absolute Gasteiger partial charge is 0.444 e. The Morgan fingerprint density at radius 3 is 2.45 bits per heavy atom. The molecule has 0 bridgehead atoms. The molecule has 2 rings (SSSR count). The summed E-state index contributed by atoms with van der Waals surface area (Å²) in [7, 11) is 1.81. The van der Waals surface area contributed by atoms with E-state index in [0.29, 0.717) is 5.92 Å². The summed E-state index contributed by atoms with van der Waals surface area (Å²) < 4.78 is 5.39. The van der Waals surface area contributed by atoms with Crippen molar-refractivity contribution < 1.29 is 9.53 Å². The Hall–Kier alpha value is -1.85. The number of carbonyl (C=O) groups is 1. The van der Waals surface area contributed by atoms with Crippen LogP contribution >= 0.6 is 0 Å². The summed E-state index contributed by atoms with van der Waals surface area (Å²) >= 11 is 0. The predicted molar refractivity (Wildman–Crippen MR) is 85.8 cm³/mol. The van der Waals surface area contributed by atoms with Crippen LogP contribution in [0, 0.1) is 5.92 Å². The zero-order valence-corrected chi connectivity index (χ0v) is 14.0. The first-order chi connectivity index (χ1) is 10.3. The van der Waals surface area contributed by atoms with Crippen LogP contribution in [0.5, 0.6) is 0 Å². The van der Waals surface area contributed by atoms with Crippen LogP contribution in [0.4, 0.5) is 10.7 Å². The second-order valence-electron chi connectivity index (χ2n) is 6.84. The number of nitrogens with zero attached hydrogens (tertiary/aromatic N) is 4. The number of rotatable bonds is 3. The molecule has 1 fully saturated rings. The standard InChI is InChI=1S/C16H26N4O2/c1-16(2,3)22-15(21)19(4)12-13-6-10-20(11-7-13)14-17-8-5-9-18-14/h5,8-9,13H,6-7,10-12H2,1-4H3. The highest BCUT2D eigenvalue weighted by Crippen LogP contribution is 2.21. The number of piperidine rings is 1. The van der Waals surface area contributed by atoms with E-state index in [1.54, 1.807) is 24.3 Å². The van der Waals surface area contributed by atoms with E-state index in [0.717, 1.165) is 38.4 Å². The number of amides is 1. The summed E-state index contributed by atoms with van der Waals surface area (Å²) in [4.78, 5) is 24.4. The van der Waals surface area contributed by atoms with Gasteiger partial charge in [0.1, 0.15) is 5.60 Å². The summed E-state index contributed by atoms with van der Waals surface area (Å²) in [5.41, 5.74) is -0.445. The molecule has 0 atom stereocenters. The van der Waals surface area contributed by atoms with E-state index in [9.17, 15) is 4.79 Å². The topological polar surface area (TPSA) is 58.6 Å². The Morgan fingerprint density at radius 1 is 1.32 bits per heavy atom. The molecule has 6 nitrogen and oxygen atoms in total. The van der Waals surface area contributed by atoms with Crippen molar-refractivity contribution >= 4 is 12.0 Å². The number of carbonyl (C=O) groups excluding carboxylic acids is 1. The van der Waals surface area contributed by atoms with Crippen LogP contribution in [-0.2, 0) is 4.74 Å². The molecular weight excluding hydrogens is 280 g/mol. The molecule has 122 valence electrons. The first-order valence-corrected chi connectivity index (χ1v) is 7.81. The van der Waals surface area contributed by atoms with Gasteiger partial charge in [0.25, 0.3) is 0 Å². The van der Waals surface area contributed by atoms with Crippen LogP contribution in [0.15, 0.2) is 18.5 Å². The molecule has 1 aliphatic rings. The molecule has 1 saturated heterocycles. The zero-order valence-electron chi connectivity index (χ0n) is 14.0. The third-order valence-electron chi connectivity index (χ3n) is 3.69. The van der Waals surface area contributed by atoms with E-state index >= 15 is 0 Å². The minimum Gasteiger partial charge on any atom is -0.444 e. The van der Waals surface area contributed by atoms with Crippen molar-refractivity contribution in [3.05, 3.63) is 18.5 Å². The molecule has 0 radical (unpaired) electrons. The van der Waals surface area contributed by atoms with Gasteiger partial charge in [-0.25, -0.2) is 14.8 Å². The second-order valence-corrected chi connectivity index (χ2v) is 6.84. The normalized spacial score (nSPS) is 16.5. The van der Waals surface area contributed by atoms with E-state index in [4.69, 9.17) is 4.74 Å². The summed E-state index contributed by atoms with van der Waals surface area (Å²) in [6.45, 7) is 8.25. The fraction of sp³-hybridized carbons (Fsp3) is 0.688. The molecule has 2 heterocycles. The molecule has 1 aromatic rings. The first-order valence-electron chi connectivity index (χ1n) is 7.81. The molecule has 1 aromatic heterocycles. The minimum absolute atomic E-state index is 0.249. The number of aromatic nitrogens is 2. The van der Waals surface area contributed by atoms with E-state index in [1.807, 2.05) is 26.8 Å². The van der Waals surface area contributed by atoms with Gasteiger partial charge in [-0.1, -0.05) is 0 Å². The first kappa shape index (κ1) is 16.5. The predicted octanol–water partition coefficient (Wildman–Crippen LogP) is 2.56. The summed E-state index contributed by atoms with van der Waals surface area (Å²) in [5.74, 6) is 1.29. The molecule has 0 aliphatic carbocycles. The monoisotopic (exact) mass is 306 g/mol. The summed E-state index contributed by atoms with van der Waals surface area (Å²) in [6.07, 6.45) is 5.35. The number of hydrogen-bond donors (Lipinski definition) is 0. The quantitative estimate of drug-likeness (QED) is 0.859. The van der Waals surface area contributed by atoms with Crippen molar-refractivity contribution in [3.8, 4) is 0 Å². The molecule has 0 N–H and O–H groups in total. The van der Waals surface area contributed by atoms with E-state index in [2.05, 4.69) is 14.9 Å². The molecule has 6 heteroatoms. The van der Waals surface area contributed by atoms with E-state index in [-0.39, 0.29) is 6.09 Å². The van der Waals surface area contributed by atoms with Gasteiger partial charge in [-0.05, 0) is 45.6 Å². The number of ether oxygens (including phenoxy) is 1. The molecule has 0 saturated carbocycles. The Kier molecular flexibility index (Phi) is 5.21. The van der Waals surface area contributed by atoms with Crippen LogP contribution in [-0.4, -0.2) is 53.2 Å². The van der Waals surface area contributed by atoms with Gasteiger partial charge in [0, 0.05) is 39.1 Å². The average Bonchev–Trinajstić information content (AvgIpc) is 2.47. The maximum atomic E-state index is 12.0. The minimum atomic E-state index is -0.445. The van der Waals surface area contributed by atoms with Gasteiger partial charge in [0.15, 0.2) is 0 Å². The van der Waals surface area contributed by atoms with Gasteiger partial charge in [0.2, 0.25) is 5.95 Å². The summed E-state index contributed by atoms with van der Waals surface area (Å²) in [5, 5.41) is 0. The molecule has 22 heavy (non-hydrogen) atoms. The maximum Gasteiger partial charge on any atom is 0.410 e. The Balaban J connectivity index is 1.79. The number of hydrogen-bond acceptors (Lipinski definition) is 5. The smallest absolute Gasteiger partial charge is 0.410 e.